The second-order valence-electron chi connectivity index (χ2n) is 5.79. The molecular weight excluding hydrogens is 296 g/mol. The molecule has 0 fully saturated rings. The van der Waals surface area contributed by atoms with Gasteiger partial charge in [-0.2, -0.15) is 5.26 Å². The van der Waals surface area contributed by atoms with Crippen LogP contribution in [-0.2, 0) is 6.42 Å². The third-order valence-corrected chi connectivity index (χ3v) is 3.78. The monoisotopic (exact) mass is 314 g/mol. The van der Waals surface area contributed by atoms with Gasteiger partial charge in [0.05, 0.1) is 17.3 Å². The summed E-state index contributed by atoms with van der Waals surface area (Å²) in [5, 5.41) is 9.04. The quantitative estimate of drug-likeness (QED) is 0.737. The van der Waals surface area contributed by atoms with Gasteiger partial charge in [0, 0.05) is 38.0 Å². The van der Waals surface area contributed by atoms with Gasteiger partial charge < -0.3 is 4.90 Å². The number of hydrogen-bond acceptors (Lipinski definition) is 4. The molecule has 0 saturated heterocycles. The lowest BCUT2D eigenvalue weighted by Gasteiger charge is -2.13. The number of rotatable bonds is 4. The van der Waals surface area contributed by atoms with Crippen LogP contribution < -0.4 is 4.90 Å². The Hall–Kier alpha value is -3.19. The number of anilines is 1. The summed E-state index contributed by atoms with van der Waals surface area (Å²) in [7, 11) is 4.05. The Labute approximate surface area is 142 Å². The zero-order chi connectivity index (χ0) is 16.9. The van der Waals surface area contributed by atoms with Crippen LogP contribution in [0.2, 0.25) is 0 Å². The Morgan fingerprint density at radius 3 is 2.67 bits per heavy atom. The van der Waals surface area contributed by atoms with Gasteiger partial charge in [0.2, 0.25) is 0 Å². The van der Waals surface area contributed by atoms with E-state index in [4.69, 9.17) is 5.26 Å². The lowest BCUT2D eigenvalue weighted by molar-refractivity contribution is 0.970. The Balaban J connectivity index is 1.88. The molecular formula is C20H18N4. The molecule has 2 aromatic carbocycles. The summed E-state index contributed by atoms with van der Waals surface area (Å²) in [6, 6.07) is 19.8. The number of nitriles is 1. The minimum Gasteiger partial charge on any atom is -0.378 e. The number of nitrogens with zero attached hydrogens (tertiary/aromatic N) is 4. The minimum atomic E-state index is 0.631. The van der Waals surface area contributed by atoms with Crippen LogP contribution in [0.5, 0.6) is 0 Å². The zero-order valence-electron chi connectivity index (χ0n) is 13.8. The molecule has 0 amide bonds. The van der Waals surface area contributed by atoms with Gasteiger partial charge >= 0.3 is 0 Å². The molecule has 1 heterocycles. The van der Waals surface area contributed by atoms with E-state index in [0.29, 0.717) is 12.0 Å². The van der Waals surface area contributed by atoms with Crippen LogP contribution in [0.4, 0.5) is 5.69 Å². The molecule has 4 heteroatoms. The van der Waals surface area contributed by atoms with Gasteiger partial charge in [-0.05, 0) is 35.9 Å². The van der Waals surface area contributed by atoms with Crippen molar-refractivity contribution in [3.05, 3.63) is 77.7 Å². The number of hydrogen-bond donors (Lipinski definition) is 0. The average molecular weight is 314 g/mol. The molecule has 0 bridgehead atoms. The highest BCUT2D eigenvalue weighted by molar-refractivity contribution is 5.61. The van der Waals surface area contributed by atoms with Gasteiger partial charge in [-0.1, -0.05) is 24.3 Å². The molecule has 0 unspecified atom stereocenters. The first kappa shape index (κ1) is 15.7. The molecule has 0 N–H and O–H groups in total. The van der Waals surface area contributed by atoms with Crippen molar-refractivity contribution in [2.45, 2.75) is 6.42 Å². The van der Waals surface area contributed by atoms with Crippen molar-refractivity contribution in [2.75, 3.05) is 19.0 Å². The summed E-state index contributed by atoms with van der Waals surface area (Å²) in [4.78, 5) is 11.1. The first-order valence-corrected chi connectivity index (χ1v) is 7.74. The van der Waals surface area contributed by atoms with E-state index in [1.807, 2.05) is 44.4 Å². The van der Waals surface area contributed by atoms with Gasteiger partial charge in [0.15, 0.2) is 0 Å². The fourth-order valence-corrected chi connectivity index (χ4v) is 2.52. The lowest BCUT2D eigenvalue weighted by Crippen LogP contribution is -2.08. The Morgan fingerprint density at radius 2 is 1.88 bits per heavy atom. The van der Waals surface area contributed by atoms with E-state index in [1.54, 1.807) is 12.3 Å². The predicted octanol–water partition coefficient (Wildman–Crippen LogP) is 3.67. The highest BCUT2D eigenvalue weighted by Gasteiger charge is 2.05. The first-order chi connectivity index (χ1) is 11.7. The second-order valence-corrected chi connectivity index (χ2v) is 5.79. The summed E-state index contributed by atoms with van der Waals surface area (Å²) in [5.41, 5.74) is 4.72. The van der Waals surface area contributed by atoms with Crippen LogP contribution in [-0.4, -0.2) is 24.1 Å². The zero-order valence-corrected chi connectivity index (χ0v) is 13.8. The van der Waals surface area contributed by atoms with Gasteiger partial charge in [-0.3, -0.25) is 0 Å². The fraction of sp³-hybridized carbons (Fsp3) is 0.150. The van der Waals surface area contributed by atoms with Crippen molar-refractivity contribution in [3.8, 4) is 17.3 Å². The standard InChI is InChI=1S/C20H18N4/c1-24(2)18-8-4-5-15(12-18)13-20-22-10-9-19(23-20)17-7-3-6-16(11-17)14-21/h3-12H,13H2,1-2H3. The Morgan fingerprint density at radius 1 is 1.04 bits per heavy atom. The molecule has 0 aliphatic heterocycles. The summed E-state index contributed by atoms with van der Waals surface area (Å²) < 4.78 is 0. The molecule has 0 aliphatic carbocycles. The minimum absolute atomic E-state index is 0.631. The molecule has 4 nitrogen and oxygen atoms in total. The van der Waals surface area contributed by atoms with E-state index in [9.17, 15) is 0 Å². The molecule has 0 radical (unpaired) electrons. The maximum absolute atomic E-state index is 9.04. The van der Waals surface area contributed by atoms with E-state index < -0.39 is 0 Å². The van der Waals surface area contributed by atoms with Gasteiger partial charge in [-0.25, -0.2) is 9.97 Å². The second kappa shape index (κ2) is 6.93. The van der Waals surface area contributed by atoms with E-state index >= 15 is 0 Å². The van der Waals surface area contributed by atoms with Crippen molar-refractivity contribution in [1.82, 2.24) is 9.97 Å². The Kier molecular flexibility index (Phi) is 4.53. The first-order valence-electron chi connectivity index (χ1n) is 7.74. The largest absolute Gasteiger partial charge is 0.378 e. The van der Waals surface area contributed by atoms with E-state index in [1.165, 1.54) is 5.56 Å². The number of aromatic nitrogens is 2. The van der Waals surface area contributed by atoms with Crippen LogP contribution in [0.1, 0.15) is 17.0 Å². The molecule has 118 valence electrons. The average Bonchev–Trinajstić information content (AvgIpc) is 2.62. The van der Waals surface area contributed by atoms with Crippen LogP contribution in [0.25, 0.3) is 11.3 Å². The lowest BCUT2D eigenvalue weighted by atomic mass is 10.1. The summed E-state index contributed by atoms with van der Waals surface area (Å²) in [5.74, 6) is 0.769. The number of benzene rings is 2. The van der Waals surface area contributed by atoms with Crippen molar-refractivity contribution >= 4 is 5.69 Å². The maximum Gasteiger partial charge on any atom is 0.133 e. The van der Waals surface area contributed by atoms with Crippen molar-refractivity contribution in [1.29, 1.82) is 5.26 Å². The Bertz CT molecular complexity index is 894. The molecule has 3 rings (SSSR count). The van der Waals surface area contributed by atoms with E-state index in [0.717, 1.165) is 22.8 Å². The summed E-state index contributed by atoms with van der Waals surface area (Å²) in [6.45, 7) is 0. The third kappa shape index (κ3) is 3.58. The van der Waals surface area contributed by atoms with E-state index in [2.05, 4.69) is 39.1 Å². The van der Waals surface area contributed by atoms with Crippen molar-refractivity contribution in [2.24, 2.45) is 0 Å². The molecule has 0 spiro atoms. The molecule has 1 aromatic heterocycles. The van der Waals surface area contributed by atoms with Crippen LogP contribution in [0.3, 0.4) is 0 Å². The van der Waals surface area contributed by atoms with E-state index in [-0.39, 0.29) is 0 Å². The smallest absolute Gasteiger partial charge is 0.133 e. The van der Waals surface area contributed by atoms with Gasteiger partial charge in [0.1, 0.15) is 5.82 Å². The summed E-state index contributed by atoms with van der Waals surface area (Å²) >= 11 is 0. The molecule has 3 aromatic rings. The molecule has 0 aliphatic rings. The fourth-order valence-electron chi connectivity index (χ4n) is 2.52. The SMILES string of the molecule is CN(C)c1cccc(Cc2nccc(-c3cccc(C#N)c3)n2)c1. The topological polar surface area (TPSA) is 52.8 Å². The normalized spacial score (nSPS) is 10.2. The van der Waals surface area contributed by atoms with Crippen molar-refractivity contribution in [3.63, 3.8) is 0 Å². The molecule has 0 atom stereocenters. The maximum atomic E-state index is 9.04. The predicted molar refractivity (Wildman–Crippen MR) is 95.8 cm³/mol. The van der Waals surface area contributed by atoms with Crippen LogP contribution in [0, 0.1) is 11.3 Å². The van der Waals surface area contributed by atoms with Crippen LogP contribution in [0.15, 0.2) is 60.8 Å². The van der Waals surface area contributed by atoms with Gasteiger partial charge in [-0.15, -0.1) is 0 Å². The van der Waals surface area contributed by atoms with Crippen molar-refractivity contribution < 1.29 is 0 Å². The van der Waals surface area contributed by atoms with Gasteiger partial charge in [0.25, 0.3) is 0 Å². The molecule has 0 saturated carbocycles. The van der Waals surface area contributed by atoms with Crippen LogP contribution >= 0.6 is 0 Å². The third-order valence-electron chi connectivity index (χ3n) is 3.78. The molecule has 24 heavy (non-hydrogen) atoms. The highest BCUT2D eigenvalue weighted by atomic mass is 15.1. The highest BCUT2D eigenvalue weighted by Crippen LogP contribution is 2.19. The summed E-state index contributed by atoms with van der Waals surface area (Å²) in [6.07, 6.45) is 2.44.